The molecule has 0 spiro atoms. The summed E-state index contributed by atoms with van der Waals surface area (Å²) in [6, 6.07) is 13.8. The topological polar surface area (TPSA) is 81.8 Å². The fourth-order valence-corrected chi connectivity index (χ4v) is 3.07. The lowest BCUT2D eigenvalue weighted by Crippen LogP contribution is -2.28. The molecule has 0 saturated carbocycles. The lowest BCUT2D eigenvalue weighted by atomic mass is 10.2. The van der Waals surface area contributed by atoms with Crippen molar-refractivity contribution in [1.29, 1.82) is 0 Å². The van der Waals surface area contributed by atoms with Crippen LogP contribution in [0.15, 0.2) is 65.8 Å². The first-order chi connectivity index (χ1) is 14.0. The van der Waals surface area contributed by atoms with E-state index in [0.29, 0.717) is 16.9 Å². The van der Waals surface area contributed by atoms with Gasteiger partial charge in [-0.1, -0.05) is 36.4 Å². The highest BCUT2D eigenvalue weighted by atomic mass is 19.1. The number of benzene rings is 2. The molecule has 29 heavy (non-hydrogen) atoms. The Labute approximate surface area is 165 Å². The van der Waals surface area contributed by atoms with E-state index in [1.54, 1.807) is 24.3 Å². The summed E-state index contributed by atoms with van der Waals surface area (Å²) >= 11 is 0. The van der Waals surface area contributed by atoms with E-state index in [1.807, 2.05) is 25.1 Å². The predicted molar refractivity (Wildman–Crippen MR) is 107 cm³/mol. The number of anilines is 1. The Morgan fingerprint density at radius 3 is 2.69 bits per heavy atom. The van der Waals surface area contributed by atoms with Gasteiger partial charge in [-0.05, 0) is 24.6 Å². The number of aryl methyl sites for hydroxylation is 1. The zero-order valence-electron chi connectivity index (χ0n) is 15.7. The summed E-state index contributed by atoms with van der Waals surface area (Å²) in [6.45, 7) is 1.87. The molecule has 0 unspecified atom stereocenters. The van der Waals surface area contributed by atoms with E-state index in [-0.39, 0.29) is 35.8 Å². The van der Waals surface area contributed by atoms with E-state index in [2.05, 4.69) is 15.4 Å². The molecule has 0 aliphatic heterocycles. The first-order valence-corrected chi connectivity index (χ1v) is 9.03. The Morgan fingerprint density at radius 2 is 1.90 bits per heavy atom. The number of rotatable bonds is 5. The molecule has 0 fully saturated rings. The summed E-state index contributed by atoms with van der Waals surface area (Å²) in [5.41, 5.74) is 2.03. The van der Waals surface area contributed by atoms with Crippen molar-refractivity contribution in [2.24, 2.45) is 0 Å². The highest BCUT2D eigenvalue weighted by molar-refractivity contribution is 5.91. The molecule has 7 nitrogen and oxygen atoms in total. The van der Waals surface area contributed by atoms with Crippen LogP contribution in [0.3, 0.4) is 0 Å². The summed E-state index contributed by atoms with van der Waals surface area (Å²) in [5.74, 6) is -0.682. The van der Waals surface area contributed by atoms with Crippen LogP contribution in [0.2, 0.25) is 0 Å². The van der Waals surface area contributed by atoms with E-state index in [1.165, 1.54) is 27.8 Å². The van der Waals surface area contributed by atoms with Crippen molar-refractivity contribution in [2.45, 2.75) is 20.0 Å². The van der Waals surface area contributed by atoms with Crippen molar-refractivity contribution >= 4 is 22.6 Å². The van der Waals surface area contributed by atoms with Crippen LogP contribution in [0, 0.1) is 12.7 Å². The van der Waals surface area contributed by atoms with Gasteiger partial charge in [-0.15, -0.1) is 0 Å². The molecular formula is C21H18FN5O2. The minimum Gasteiger partial charge on any atom is -0.324 e. The van der Waals surface area contributed by atoms with Crippen LogP contribution in [0.5, 0.6) is 0 Å². The van der Waals surface area contributed by atoms with Crippen molar-refractivity contribution < 1.29 is 9.18 Å². The number of nitrogens with one attached hydrogen (secondary N) is 1. The number of carbonyl (C=O) groups excluding carboxylic acids is 1. The zero-order chi connectivity index (χ0) is 20.4. The zero-order valence-corrected chi connectivity index (χ0v) is 15.7. The van der Waals surface area contributed by atoms with Gasteiger partial charge in [-0.25, -0.2) is 14.1 Å². The van der Waals surface area contributed by atoms with Gasteiger partial charge in [0.2, 0.25) is 5.91 Å². The minimum absolute atomic E-state index is 0.153. The molecule has 2 aromatic heterocycles. The normalized spacial score (nSPS) is 11.0. The van der Waals surface area contributed by atoms with Gasteiger partial charge < -0.3 is 5.32 Å². The van der Waals surface area contributed by atoms with Gasteiger partial charge in [0.1, 0.15) is 24.1 Å². The summed E-state index contributed by atoms with van der Waals surface area (Å²) in [4.78, 5) is 29.3. The van der Waals surface area contributed by atoms with E-state index < -0.39 is 0 Å². The molecule has 1 amide bonds. The summed E-state index contributed by atoms with van der Waals surface area (Å²) < 4.78 is 16.6. The molecule has 146 valence electrons. The lowest BCUT2D eigenvalue weighted by molar-refractivity contribution is -0.116. The maximum Gasteiger partial charge on any atom is 0.264 e. The van der Waals surface area contributed by atoms with E-state index in [4.69, 9.17) is 0 Å². The second-order valence-corrected chi connectivity index (χ2v) is 6.67. The molecular weight excluding hydrogens is 373 g/mol. The van der Waals surface area contributed by atoms with Crippen LogP contribution >= 0.6 is 0 Å². The van der Waals surface area contributed by atoms with Crippen molar-refractivity contribution in [1.82, 2.24) is 19.3 Å². The summed E-state index contributed by atoms with van der Waals surface area (Å²) in [5, 5.41) is 7.23. The molecule has 0 radical (unpaired) electrons. The van der Waals surface area contributed by atoms with E-state index in [9.17, 15) is 14.0 Å². The maximum absolute atomic E-state index is 13.9. The Morgan fingerprint density at radius 1 is 1.14 bits per heavy atom. The Bertz CT molecular complexity index is 1260. The van der Waals surface area contributed by atoms with Crippen molar-refractivity contribution in [3.05, 3.63) is 88.4 Å². The Balaban J connectivity index is 1.57. The Hall–Kier alpha value is -3.81. The second-order valence-electron chi connectivity index (χ2n) is 6.67. The smallest absolute Gasteiger partial charge is 0.264 e. The number of carbonyl (C=O) groups is 1. The fraction of sp³-hybridized carbons (Fsp3) is 0.143. The molecule has 1 N–H and O–H groups in total. The highest BCUT2D eigenvalue weighted by Gasteiger charge is 2.14. The number of para-hydroxylation sites is 1. The number of nitrogens with zero attached hydrogens (tertiary/aromatic N) is 4. The molecule has 2 aromatic carbocycles. The molecule has 8 heteroatoms. The van der Waals surface area contributed by atoms with Crippen LogP contribution in [0.1, 0.15) is 11.1 Å². The van der Waals surface area contributed by atoms with Crippen molar-refractivity contribution in [3.8, 4) is 0 Å². The van der Waals surface area contributed by atoms with Crippen LogP contribution in [0.25, 0.3) is 11.0 Å². The van der Waals surface area contributed by atoms with Gasteiger partial charge in [0.15, 0.2) is 5.65 Å². The van der Waals surface area contributed by atoms with Gasteiger partial charge in [-0.2, -0.15) is 5.10 Å². The molecule has 2 heterocycles. The molecule has 0 atom stereocenters. The van der Waals surface area contributed by atoms with E-state index in [0.717, 1.165) is 5.56 Å². The SMILES string of the molecule is Cc1ccccc1NC(=O)Cn1cnc2c(cnn2Cc2ccccc2F)c1=O. The minimum atomic E-state index is -0.380. The van der Waals surface area contributed by atoms with Gasteiger partial charge >= 0.3 is 0 Å². The lowest BCUT2D eigenvalue weighted by Gasteiger charge is -2.09. The molecule has 4 aromatic rings. The maximum atomic E-state index is 13.9. The van der Waals surface area contributed by atoms with Crippen molar-refractivity contribution in [2.75, 3.05) is 5.32 Å². The Kier molecular flexibility index (Phi) is 4.90. The predicted octanol–water partition coefficient (Wildman–Crippen LogP) is 2.73. The van der Waals surface area contributed by atoms with Gasteiger partial charge in [0.25, 0.3) is 5.56 Å². The number of hydrogen-bond donors (Lipinski definition) is 1. The number of amides is 1. The number of hydrogen-bond acceptors (Lipinski definition) is 4. The molecule has 0 saturated heterocycles. The van der Waals surface area contributed by atoms with E-state index >= 15 is 0 Å². The fourth-order valence-electron chi connectivity index (χ4n) is 3.07. The standard InChI is InChI=1S/C21H18FN5O2/c1-14-6-2-5-9-18(14)25-19(28)12-26-13-23-20-16(21(26)29)10-24-27(20)11-15-7-3-4-8-17(15)22/h2-10,13H,11-12H2,1H3,(H,25,28). The van der Waals surface area contributed by atoms with Gasteiger partial charge in [0.05, 0.1) is 12.7 Å². The average molecular weight is 391 g/mol. The van der Waals surface area contributed by atoms with Crippen LogP contribution < -0.4 is 10.9 Å². The number of halogens is 1. The van der Waals surface area contributed by atoms with Gasteiger partial charge in [0, 0.05) is 11.3 Å². The molecule has 4 rings (SSSR count). The van der Waals surface area contributed by atoms with Crippen LogP contribution in [0.4, 0.5) is 10.1 Å². The summed E-state index contributed by atoms with van der Waals surface area (Å²) in [7, 11) is 0. The van der Waals surface area contributed by atoms with Crippen LogP contribution in [-0.4, -0.2) is 25.2 Å². The second kappa shape index (κ2) is 7.67. The molecule has 0 aliphatic carbocycles. The third kappa shape index (κ3) is 3.77. The van der Waals surface area contributed by atoms with Crippen molar-refractivity contribution in [3.63, 3.8) is 0 Å². The highest BCUT2D eigenvalue weighted by Crippen LogP contribution is 2.14. The first-order valence-electron chi connectivity index (χ1n) is 9.03. The molecule has 0 bridgehead atoms. The number of aromatic nitrogens is 4. The quantitative estimate of drug-likeness (QED) is 0.567. The van der Waals surface area contributed by atoms with Gasteiger partial charge in [-0.3, -0.25) is 14.2 Å². The third-order valence-electron chi connectivity index (χ3n) is 4.63. The third-order valence-corrected chi connectivity index (χ3v) is 4.63. The molecule has 0 aliphatic rings. The average Bonchev–Trinajstić information content (AvgIpc) is 3.11. The summed E-state index contributed by atoms with van der Waals surface area (Å²) in [6.07, 6.45) is 2.70. The number of fused-ring (bicyclic) bond motifs is 1. The van der Waals surface area contributed by atoms with Crippen LogP contribution in [-0.2, 0) is 17.9 Å². The largest absolute Gasteiger partial charge is 0.324 e. The monoisotopic (exact) mass is 391 g/mol. The first kappa shape index (κ1) is 18.5.